The van der Waals surface area contributed by atoms with E-state index in [9.17, 15) is 9.59 Å². The van der Waals surface area contributed by atoms with Crippen LogP contribution in [0.1, 0.15) is 64.2 Å². The molecule has 3 saturated carbocycles. The van der Waals surface area contributed by atoms with Crippen LogP contribution >= 0.6 is 23.6 Å². The summed E-state index contributed by atoms with van der Waals surface area (Å²) in [5.41, 5.74) is 2.20. The molecule has 0 aromatic carbocycles. The van der Waals surface area contributed by atoms with Gasteiger partial charge in [-0.25, -0.2) is 4.68 Å². The summed E-state index contributed by atoms with van der Waals surface area (Å²) in [6.45, 7) is 0.729. The highest BCUT2D eigenvalue weighted by atomic mass is 32.1. The molecule has 192 valence electrons. The first-order valence-electron chi connectivity index (χ1n) is 12.9. The number of thiocarbonyl (C=S) groups is 1. The molecule has 3 N–H and O–H groups in total. The highest BCUT2D eigenvalue weighted by Crippen LogP contribution is 2.71. The highest BCUT2D eigenvalue weighted by Gasteiger charge is 2.65. The predicted molar refractivity (Wildman–Crippen MR) is 143 cm³/mol. The van der Waals surface area contributed by atoms with Crippen molar-refractivity contribution < 1.29 is 14.3 Å². The van der Waals surface area contributed by atoms with Crippen LogP contribution < -0.4 is 20.7 Å². The molecule has 0 saturated heterocycles. The maximum absolute atomic E-state index is 13.4. The molecule has 2 heterocycles. The Balaban J connectivity index is 1.16. The zero-order valence-electron chi connectivity index (χ0n) is 20.8. The Morgan fingerprint density at radius 2 is 2.11 bits per heavy atom. The number of anilines is 1. The number of carbonyl (C=O) groups excluding carboxylic acids is 2. The van der Waals surface area contributed by atoms with Crippen LogP contribution in [0, 0.1) is 17.3 Å². The van der Waals surface area contributed by atoms with E-state index in [0.29, 0.717) is 34.5 Å². The molecule has 1 amide bonds. The van der Waals surface area contributed by atoms with Gasteiger partial charge in [0.15, 0.2) is 5.11 Å². The molecule has 0 bridgehead atoms. The number of aryl methyl sites for hydroxylation is 2. The van der Waals surface area contributed by atoms with Gasteiger partial charge in [-0.15, -0.1) is 16.4 Å². The van der Waals surface area contributed by atoms with Crippen molar-refractivity contribution >= 4 is 46.2 Å². The smallest absolute Gasteiger partial charge is 0.252 e. The molecule has 10 heteroatoms. The maximum Gasteiger partial charge on any atom is 0.252 e. The Hall–Kier alpha value is -2.46. The van der Waals surface area contributed by atoms with E-state index in [0.717, 1.165) is 54.0 Å². The number of thiophene rings is 1. The van der Waals surface area contributed by atoms with Crippen molar-refractivity contribution in [2.45, 2.75) is 63.8 Å². The van der Waals surface area contributed by atoms with Gasteiger partial charge in [0.25, 0.3) is 5.91 Å². The van der Waals surface area contributed by atoms with E-state index >= 15 is 0 Å². The summed E-state index contributed by atoms with van der Waals surface area (Å²) in [5.74, 6) is 2.41. The molecule has 2 aromatic rings. The van der Waals surface area contributed by atoms with Crippen molar-refractivity contribution in [1.82, 2.24) is 20.4 Å². The minimum absolute atomic E-state index is 0.0116. The third-order valence-corrected chi connectivity index (χ3v) is 9.77. The van der Waals surface area contributed by atoms with E-state index in [4.69, 9.17) is 17.0 Å². The summed E-state index contributed by atoms with van der Waals surface area (Å²) < 4.78 is 6.87. The minimum atomic E-state index is -0.0116. The average Bonchev–Trinajstić information content (AvgIpc) is 3.79. The summed E-state index contributed by atoms with van der Waals surface area (Å²) in [6.07, 6.45) is 8.76. The molecule has 0 aliphatic heterocycles. The number of Topliss-reactive ketones (excluding diaryl/α,β-unsaturated/α-hetero) is 1. The molecule has 4 aliphatic carbocycles. The lowest BCUT2D eigenvalue weighted by molar-refractivity contribution is -0.119. The second-order valence-electron chi connectivity index (χ2n) is 11.0. The normalized spacial score (nSPS) is 23.1. The van der Waals surface area contributed by atoms with Crippen LogP contribution in [0.25, 0.3) is 0 Å². The van der Waals surface area contributed by atoms with Crippen LogP contribution in [-0.4, -0.2) is 46.3 Å². The van der Waals surface area contributed by atoms with Gasteiger partial charge in [-0.2, -0.15) is 0 Å². The van der Waals surface area contributed by atoms with E-state index in [2.05, 4.69) is 21.0 Å². The fraction of sp³-hybridized carbons (Fsp3) is 0.615. The van der Waals surface area contributed by atoms with Crippen molar-refractivity contribution in [3.05, 3.63) is 26.9 Å². The molecular formula is C26H33N5O3S2. The number of nitrogens with one attached hydrogen (secondary N) is 3. The molecular weight excluding hydrogens is 494 g/mol. The lowest BCUT2D eigenvalue weighted by Crippen LogP contribution is -2.41. The van der Waals surface area contributed by atoms with Crippen molar-refractivity contribution in [2.24, 2.45) is 24.3 Å². The molecule has 1 spiro atoms. The molecule has 4 aliphatic rings. The molecule has 3 fully saturated rings. The van der Waals surface area contributed by atoms with Crippen LogP contribution in [0.15, 0.2) is 6.07 Å². The molecule has 0 radical (unpaired) electrons. The first kappa shape index (κ1) is 23.9. The quantitative estimate of drug-likeness (QED) is 0.430. The number of ether oxygens (including phenoxy) is 1. The Kier molecular flexibility index (Phi) is 6.06. The summed E-state index contributed by atoms with van der Waals surface area (Å²) in [7, 11) is 3.41. The molecule has 36 heavy (non-hydrogen) atoms. The van der Waals surface area contributed by atoms with E-state index in [1.807, 2.05) is 7.05 Å². The maximum atomic E-state index is 13.4. The van der Waals surface area contributed by atoms with Crippen molar-refractivity contribution in [1.29, 1.82) is 0 Å². The van der Waals surface area contributed by atoms with Gasteiger partial charge in [-0.05, 0) is 80.5 Å². The molecule has 2 aromatic heterocycles. The summed E-state index contributed by atoms with van der Waals surface area (Å²) >= 11 is 7.26. The zero-order valence-corrected chi connectivity index (χ0v) is 22.4. The van der Waals surface area contributed by atoms with Gasteiger partial charge in [0.1, 0.15) is 11.6 Å². The molecule has 1 unspecified atom stereocenters. The van der Waals surface area contributed by atoms with Gasteiger partial charge in [-0.1, -0.05) is 0 Å². The monoisotopic (exact) mass is 527 g/mol. The van der Waals surface area contributed by atoms with E-state index in [-0.39, 0.29) is 17.9 Å². The van der Waals surface area contributed by atoms with Crippen molar-refractivity contribution in [3.63, 3.8) is 0 Å². The third kappa shape index (κ3) is 4.77. The second kappa shape index (κ2) is 9.13. The summed E-state index contributed by atoms with van der Waals surface area (Å²) in [6, 6.07) is 1.90. The number of rotatable bonds is 9. The topological polar surface area (TPSA) is 97.3 Å². The predicted octanol–water partition coefficient (Wildman–Crippen LogP) is 3.39. The Bertz CT molecular complexity index is 1230. The largest absolute Gasteiger partial charge is 0.480 e. The van der Waals surface area contributed by atoms with Crippen LogP contribution in [0.4, 0.5) is 5.82 Å². The first-order chi connectivity index (χ1) is 17.3. The fourth-order valence-electron chi connectivity index (χ4n) is 5.59. The van der Waals surface area contributed by atoms with Crippen LogP contribution in [0.5, 0.6) is 5.88 Å². The summed E-state index contributed by atoms with van der Waals surface area (Å²) in [5, 5.41) is 14.6. The standard InChI is InChI=1S/C26H33N5O3S2/c1-31-21(11-22(30-31)34-2)29-25(35)28-15-5-6-19-16(9-15)23(24(33)27-13-14-3-4-14)20(36-19)10-18(32)17-12-26(17)7-8-26/h11,14-15,17H,3-10,12-13H2,1-2H3,(H,27,33)(H2,28,29,35)/t15-,17?/m0/s1. The van der Waals surface area contributed by atoms with Gasteiger partial charge in [0.2, 0.25) is 5.88 Å². The third-order valence-electron chi connectivity index (χ3n) is 8.26. The number of ketones is 1. The molecule has 6 rings (SSSR count). The number of amides is 1. The molecule has 8 nitrogen and oxygen atoms in total. The Labute approximate surface area is 220 Å². The van der Waals surface area contributed by atoms with Gasteiger partial charge >= 0.3 is 0 Å². The first-order valence-corrected chi connectivity index (χ1v) is 14.2. The fourth-order valence-corrected chi connectivity index (χ4v) is 7.22. The number of hydrogen-bond donors (Lipinski definition) is 3. The lowest BCUT2D eigenvalue weighted by atomic mass is 9.90. The van der Waals surface area contributed by atoms with E-state index < -0.39 is 0 Å². The van der Waals surface area contributed by atoms with Gasteiger partial charge < -0.3 is 20.7 Å². The Morgan fingerprint density at radius 1 is 1.31 bits per heavy atom. The Morgan fingerprint density at radius 3 is 2.78 bits per heavy atom. The van der Waals surface area contributed by atoms with Crippen LogP contribution in [0.3, 0.4) is 0 Å². The van der Waals surface area contributed by atoms with Crippen LogP contribution in [-0.2, 0) is 31.1 Å². The SMILES string of the molecule is COc1cc(NC(=S)N[C@H]2CCc3sc(CC(=O)C4CC45CC5)c(C(=O)NCC4CC4)c3C2)n(C)n1. The second-order valence-corrected chi connectivity index (χ2v) is 12.5. The zero-order chi connectivity index (χ0) is 25.0. The number of fused-ring (bicyclic) bond motifs is 1. The number of aromatic nitrogens is 2. The van der Waals surface area contributed by atoms with E-state index in [1.54, 1.807) is 29.2 Å². The van der Waals surface area contributed by atoms with Gasteiger partial charge in [-0.3, -0.25) is 9.59 Å². The van der Waals surface area contributed by atoms with Crippen molar-refractivity contribution in [2.75, 3.05) is 19.0 Å². The van der Waals surface area contributed by atoms with Crippen molar-refractivity contribution in [3.8, 4) is 5.88 Å². The van der Waals surface area contributed by atoms with Crippen LogP contribution in [0.2, 0.25) is 0 Å². The summed E-state index contributed by atoms with van der Waals surface area (Å²) in [4.78, 5) is 28.6. The average molecular weight is 528 g/mol. The van der Waals surface area contributed by atoms with Gasteiger partial charge in [0, 0.05) is 47.8 Å². The lowest BCUT2D eigenvalue weighted by Gasteiger charge is -2.25. The highest BCUT2D eigenvalue weighted by molar-refractivity contribution is 7.80. The minimum Gasteiger partial charge on any atom is -0.480 e. The number of hydrogen-bond acceptors (Lipinski definition) is 6. The molecule has 2 atom stereocenters. The number of nitrogens with zero attached hydrogens (tertiary/aromatic N) is 2. The van der Waals surface area contributed by atoms with Gasteiger partial charge in [0.05, 0.1) is 12.7 Å². The number of carbonyl (C=O) groups is 2. The van der Waals surface area contributed by atoms with E-state index in [1.165, 1.54) is 30.6 Å². The number of methoxy groups -OCH3 is 1.